The predicted octanol–water partition coefficient (Wildman–Crippen LogP) is 3.13. The molecule has 0 saturated heterocycles. The van der Waals surface area contributed by atoms with Gasteiger partial charge in [-0.25, -0.2) is 4.79 Å². The lowest BCUT2D eigenvalue weighted by atomic mass is 10.1. The fraction of sp³-hybridized carbons (Fsp3) is 0.118. The van der Waals surface area contributed by atoms with Crippen LogP contribution in [0.25, 0.3) is 10.9 Å². The van der Waals surface area contributed by atoms with Crippen LogP contribution in [0.4, 0.5) is 11.4 Å². The van der Waals surface area contributed by atoms with E-state index in [0.29, 0.717) is 13.0 Å². The second-order valence-electron chi connectivity index (χ2n) is 5.45. The summed E-state index contributed by atoms with van der Waals surface area (Å²) >= 11 is 0. The number of anilines is 1. The molecule has 128 valence electrons. The number of rotatable bonds is 6. The van der Waals surface area contributed by atoms with Gasteiger partial charge in [-0.15, -0.1) is 0 Å². The van der Waals surface area contributed by atoms with Crippen molar-refractivity contribution in [1.82, 2.24) is 4.98 Å². The molecular weight excluding hydrogens is 326 g/mol. The van der Waals surface area contributed by atoms with Gasteiger partial charge in [-0.2, -0.15) is 0 Å². The number of aromatic nitrogens is 1. The molecule has 8 heteroatoms. The third kappa shape index (κ3) is 3.09. The average Bonchev–Trinajstić information content (AvgIpc) is 2.97. The summed E-state index contributed by atoms with van der Waals surface area (Å²) in [6.45, 7) is 0.402. The Kier molecular flexibility index (Phi) is 4.25. The second kappa shape index (κ2) is 6.52. The molecule has 0 fully saturated rings. The lowest BCUT2D eigenvalue weighted by Crippen LogP contribution is -2.10. The molecule has 4 N–H and O–H groups in total. The molecule has 0 radical (unpaired) electrons. The van der Waals surface area contributed by atoms with E-state index in [2.05, 4.69) is 10.3 Å². The zero-order valence-corrected chi connectivity index (χ0v) is 13.0. The largest absolute Gasteiger partial charge is 0.501 e. The Hall–Kier alpha value is -3.55. The number of phenols is 1. The minimum atomic E-state index is -1.43. The van der Waals surface area contributed by atoms with Gasteiger partial charge in [0.15, 0.2) is 0 Å². The number of H-pyrrole nitrogens is 1. The molecule has 0 unspecified atom stereocenters. The lowest BCUT2D eigenvalue weighted by Gasteiger charge is -2.11. The molecule has 0 spiro atoms. The quantitative estimate of drug-likeness (QED) is 0.403. The molecule has 3 rings (SSSR count). The van der Waals surface area contributed by atoms with Crippen molar-refractivity contribution in [3.05, 3.63) is 63.8 Å². The van der Waals surface area contributed by atoms with Crippen molar-refractivity contribution < 1.29 is 19.9 Å². The topological polar surface area (TPSA) is 128 Å². The number of nitro groups is 1. The molecule has 2 aromatic carbocycles. The number of nitrogens with zero attached hydrogens (tertiary/aromatic N) is 1. The lowest BCUT2D eigenvalue weighted by molar-refractivity contribution is -0.385. The Bertz CT molecular complexity index is 964. The van der Waals surface area contributed by atoms with Crippen molar-refractivity contribution in [3.8, 4) is 5.75 Å². The van der Waals surface area contributed by atoms with Crippen LogP contribution in [-0.4, -0.2) is 32.6 Å². The molecule has 3 aromatic rings. The molecule has 0 atom stereocenters. The first kappa shape index (κ1) is 16.3. The van der Waals surface area contributed by atoms with Gasteiger partial charge in [0.1, 0.15) is 5.56 Å². The number of aromatic hydroxyl groups is 1. The molecular formula is C17H15N3O5. The molecule has 0 saturated carbocycles. The number of aromatic carboxylic acids is 1. The van der Waals surface area contributed by atoms with Crippen molar-refractivity contribution in [2.75, 3.05) is 11.9 Å². The van der Waals surface area contributed by atoms with E-state index in [-0.39, 0.29) is 5.69 Å². The van der Waals surface area contributed by atoms with Crippen LogP contribution in [0.15, 0.2) is 42.6 Å². The van der Waals surface area contributed by atoms with Crippen LogP contribution < -0.4 is 5.32 Å². The fourth-order valence-corrected chi connectivity index (χ4v) is 2.76. The minimum Gasteiger partial charge on any atom is -0.501 e. The number of fused-ring (bicyclic) bond motifs is 1. The van der Waals surface area contributed by atoms with Gasteiger partial charge < -0.3 is 20.5 Å². The van der Waals surface area contributed by atoms with Crippen molar-refractivity contribution in [1.29, 1.82) is 0 Å². The normalized spacial score (nSPS) is 10.7. The minimum absolute atomic E-state index is 0.135. The summed E-state index contributed by atoms with van der Waals surface area (Å²) in [5.41, 5.74) is 1.06. The highest BCUT2D eigenvalue weighted by Gasteiger charge is 2.24. The van der Waals surface area contributed by atoms with Crippen molar-refractivity contribution in [2.45, 2.75) is 6.42 Å². The van der Waals surface area contributed by atoms with Gasteiger partial charge in [-0.05, 0) is 24.1 Å². The van der Waals surface area contributed by atoms with E-state index in [0.717, 1.165) is 22.5 Å². The molecule has 0 aliphatic rings. The summed E-state index contributed by atoms with van der Waals surface area (Å²) in [6, 6.07) is 10.2. The van der Waals surface area contributed by atoms with Gasteiger partial charge in [-0.3, -0.25) is 10.1 Å². The SMILES string of the molecule is O=C(O)c1c(NCCc2c[nH]c3ccccc23)ccc([N+](=O)[O-])c1O. The van der Waals surface area contributed by atoms with E-state index in [4.69, 9.17) is 0 Å². The molecule has 1 heterocycles. The third-order valence-corrected chi connectivity index (χ3v) is 3.95. The number of benzene rings is 2. The summed E-state index contributed by atoms with van der Waals surface area (Å²) in [4.78, 5) is 24.5. The Morgan fingerprint density at radius 2 is 2.00 bits per heavy atom. The zero-order valence-electron chi connectivity index (χ0n) is 13.0. The Balaban J connectivity index is 1.80. The highest BCUT2D eigenvalue weighted by Crippen LogP contribution is 2.34. The van der Waals surface area contributed by atoms with Crippen molar-refractivity contribution in [2.24, 2.45) is 0 Å². The Morgan fingerprint density at radius 3 is 2.72 bits per heavy atom. The smallest absolute Gasteiger partial charge is 0.341 e. The summed E-state index contributed by atoms with van der Waals surface area (Å²) in [6.07, 6.45) is 2.50. The zero-order chi connectivity index (χ0) is 18.0. The third-order valence-electron chi connectivity index (χ3n) is 3.95. The van der Waals surface area contributed by atoms with E-state index in [1.807, 2.05) is 30.5 Å². The maximum Gasteiger partial charge on any atom is 0.341 e. The van der Waals surface area contributed by atoms with Gasteiger partial charge in [0, 0.05) is 29.7 Å². The summed E-state index contributed by atoms with van der Waals surface area (Å²) in [5, 5.41) is 34.0. The van der Waals surface area contributed by atoms with E-state index in [9.17, 15) is 25.1 Å². The van der Waals surface area contributed by atoms with Gasteiger partial charge in [-0.1, -0.05) is 18.2 Å². The average molecular weight is 341 g/mol. The number of para-hydroxylation sites is 1. The van der Waals surface area contributed by atoms with Crippen LogP contribution in [-0.2, 0) is 6.42 Å². The molecule has 25 heavy (non-hydrogen) atoms. The summed E-state index contributed by atoms with van der Waals surface area (Å²) < 4.78 is 0. The van der Waals surface area contributed by atoms with Crippen LogP contribution in [0.2, 0.25) is 0 Å². The fourth-order valence-electron chi connectivity index (χ4n) is 2.76. The summed E-state index contributed by atoms with van der Waals surface area (Å²) in [5.74, 6) is -2.29. The van der Waals surface area contributed by atoms with Gasteiger partial charge >= 0.3 is 11.7 Å². The molecule has 0 amide bonds. The molecule has 1 aromatic heterocycles. The van der Waals surface area contributed by atoms with Crippen LogP contribution in [0.1, 0.15) is 15.9 Å². The van der Waals surface area contributed by atoms with Gasteiger partial charge in [0.05, 0.1) is 10.6 Å². The predicted molar refractivity (Wildman–Crippen MR) is 92.2 cm³/mol. The number of hydrogen-bond donors (Lipinski definition) is 4. The number of nitro benzene ring substituents is 1. The second-order valence-corrected chi connectivity index (χ2v) is 5.45. The van der Waals surface area contributed by atoms with Crippen LogP contribution >= 0.6 is 0 Å². The van der Waals surface area contributed by atoms with E-state index in [1.165, 1.54) is 6.07 Å². The molecule has 0 aliphatic carbocycles. The first-order valence-electron chi connectivity index (χ1n) is 7.51. The summed E-state index contributed by atoms with van der Waals surface area (Å²) in [7, 11) is 0. The van der Waals surface area contributed by atoms with Crippen molar-refractivity contribution >= 4 is 28.2 Å². The monoisotopic (exact) mass is 341 g/mol. The van der Waals surface area contributed by atoms with E-state index < -0.39 is 27.9 Å². The highest BCUT2D eigenvalue weighted by atomic mass is 16.6. The maximum absolute atomic E-state index is 11.4. The standard InChI is InChI=1S/C17H15N3O5/c21-16-14(20(24)25)6-5-13(15(16)17(22)23)18-8-7-10-9-19-12-4-2-1-3-11(10)12/h1-6,9,18-19,21H,7-8H2,(H,22,23). The number of carboxylic acid groups (broad SMARTS) is 1. The van der Waals surface area contributed by atoms with Crippen LogP contribution in [0.5, 0.6) is 5.75 Å². The first-order valence-corrected chi connectivity index (χ1v) is 7.51. The Morgan fingerprint density at radius 1 is 1.24 bits per heavy atom. The van der Waals surface area contributed by atoms with Crippen LogP contribution in [0, 0.1) is 10.1 Å². The van der Waals surface area contributed by atoms with Crippen molar-refractivity contribution in [3.63, 3.8) is 0 Å². The number of carboxylic acids is 1. The number of carbonyl (C=O) groups is 1. The maximum atomic E-state index is 11.4. The number of aromatic amines is 1. The van der Waals surface area contributed by atoms with Gasteiger partial charge in [0.25, 0.3) is 0 Å². The highest BCUT2D eigenvalue weighted by molar-refractivity contribution is 5.98. The molecule has 0 aliphatic heterocycles. The number of nitrogens with one attached hydrogen (secondary N) is 2. The Labute approximate surface area is 141 Å². The molecule has 8 nitrogen and oxygen atoms in total. The first-order chi connectivity index (χ1) is 12.0. The van der Waals surface area contributed by atoms with Crippen LogP contribution in [0.3, 0.4) is 0 Å². The molecule has 0 bridgehead atoms. The van der Waals surface area contributed by atoms with E-state index >= 15 is 0 Å². The number of hydrogen-bond acceptors (Lipinski definition) is 5. The van der Waals surface area contributed by atoms with Gasteiger partial charge in [0.2, 0.25) is 5.75 Å². The van der Waals surface area contributed by atoms with E-state index in [1.54, 1.807) is 0 Å².